The van der Waals surface area contributed by atoms with E-state index in [2.05, 4.69) is 17.5 Å². The molecule has 0 radical (unpaired) electrons. The van der Waals surface area contributed by atoms with Gasteiger partial charge in [-0.2, -0.15) is 0 Å². The van der Waals surface area contributed by atoms with Crippen LogP contribution in [0.2, 0.25) is 0 Å². The average molecular weight is 391 g/mol. The number of carbonyl (C=O) groups excluding carboxylic acids is 2. The molecule has 0 aromatic carbocycles. The van der Waals surface area contributed by atoms with E-state index in [9.17, 15) is 14.7 Å². The zero-order valence-corrected chi connectivity index (χ0v) is 16.3. The van der Waals surface area contributed by atoms with Gasteiger partial charge in [-0.15, -0.1) is 13.0 Å². The molecule has 1 heterocycles. The predicted octanol–water partition coefficient (Wildman–Crippen LogP) is 1.81. The van der Waals surface area contributed by atoms with Crippen LogP contribution in [0.3, 0.4) is 0 Å². The van der Waals surface area contributed by atoms with E-state index >= 15 is 0 Å². The first kappa shape index (κ1) is 23.1. The molecule has 0 saturated carbocycles. The summed E-state index contributed by atoms with van der Waals surface area (Å²) in [7, 11) is 0. The highest BCUT2D eigenvalue weighted by Crippen LogP contribution is 2.25. The van der Waals surface area contributed by atoms with Crippen molar-refractivity contribution in [3.63, 3.8) is 0 Å². The SMILES string of the molecule is C#CCOC(C)C(=O)OCc1c(COC(=O)C(C)OCC=C)cnc(C)c1O. The van der Waals surface area contributed by atoms with Crippen LogP contribution in [0.5, 0.6) is 5.75 Å². The number of carbonyl (C=O) groups is 2. The van der Waals surface area contributed by atoms with Crippen molar-refractivity contribution in [2.45, 2.75) is 46.2 Å². The van der Waals surface area contributed by atoms with Gasteiger partial charge in [0.25, 0.3) is 0 Å². The summed E-state index contributed by atoms with van der Waals surface area (Å²) >= 11 is 0. The van der Waals surface area contributed by atoms with Crippen LogP contribution < -0.4 is 0 Å². The Morgan fingerprint density at radius 2 is 1.86 bits per heavy atom. The maximum Gasteiger partial charge on any atom is 0.335 e. The summed E-state index contributed by atoms with van der Waals surface area (Å²) in [5, 5.41) is 10.3. The van der Waals surface area contributed by atoms with Crippen molar-refractivity contribution in [2.75, 3.05) is 13.2 Å². The second-order valence-electron chi connectivity index (χ2n) is 5.83. The predicted molar refractivity (Wildman–Crippen MR) is 100 cm³/mol. The van der Waals surface area contributed by atoms with E-state index in [0.29, 0.717) is 11.3 Å². The summed E-state index contributed by atoms with van der Waals surface area (Å²) in [4.78, 5) is 28.0. The molecule has 1 aromatic rings. The molecule has 0 spiro atoms. The Morgan fingerprint density at radius 1 is 1.25 bits per heavy atom. The summed E-state index contributed by atoms with van der Waals surface area (Å²) in [6, 6.07) is 0. The molecule has 1 N–H and O–H groups in total. The molecule has 0 aliphatic rings. The minimum atomic E-state index is -0.856. The highest BCUT2D eigenvalue weighted by Gasteiger charge is 2.20. The van der Waals surface area contributed by atoms with E-state index in [1.807, 2.05) is 0 Å². The average Bonchev–Trinajstić information content (AvgIpc) is 2.69. The maximum atomic E-state index is 12.0. The second-order valence-corrected chi connectivity index (χ2v) is 5.83. The van der Waals surface area contributed by atoms with Gasteiger partial charge in [0.2, 0.25) is 0 Å². The van der Waals surface area contributed by atoms with Gasteiger partial charge in [0.15, 0.2) is 12.2 Å². The lowest BCUT2D eigenvalue weighted by molar-refractivity contribution is -0.158. The maximum absolute atomic E-state index is 12.0. The number of esters is 2. The Balaban J connectivity index is 2.79. The van der Waals surface area contributed by atoms with Gasteiger partial charge in [-0.3, -0.25) is 4.98 Å². The topological polar surface area (TPSA) is 104 Å². The van der Waals surface area contributed by atoms with Crippen molar-refractivity contribution < 1.29 is 33.6 Å². The van der Waals surface area contributed by atoms with Crippen LogP contribution in [0.15, 0.2) is 18.9 Å². The quantitative estimate of drug-likeness (QED) is 0.346. The Labute approximate surface area is 164 Å². The van der Waals surface area contributed by atoms with Crippen LogP contribution in [-0.4, -0.2) is 47.5 Å². The van der Waals surface area contributed by atoms with Gasteiger partial charge in [-0.1, -0.05) is 12.0 Å². The molecule has 0 bridgehead atoms. The fraction of sp³-hybridized carbons (Fsp3) is 0.450. The van der Waals surface area contributed by atoms with Crippen molar-refractivity contribution in [3.8, 4) is 18.1 Å². The third kappa shape index (κ3) is 7.02. The molecule has 0 amide bonds. The highest BCUT2D eigenvalue weighted by molar-refractivity contribution is 5.74. The van der Waals surface area contributed by atoms with E-state index in [0.717, 1.165) is 0 Å². The van der Waals surface area contributed by atoms with Gasteiger partial charge in [-0.05, 0) is 20.8 Å². The molecule has 0 aliphatic carbocycles. The lowest BCUT2D eigenvalue weighted by atomic mass is 10.1. The molecule has 2 unspecified atom stereocenters. The Bertz CT molecular complexity index is 739. The van der Waals surface area contributed by atoms with Crippen LogP contribution >= 0.6 is 0 Å². The van der Waals surface area contributed by atoms with Crippen LogP contribution in [-0.2, 0) is 41.8 Å². The summed E-state index contributed by atoms with van der Waals surface area (Å²) in [6.45, 7) is 7.94. The number of aromatic nitrogens is 1. The molecule has 8 nitrogen and oxygen atoms in total. The second kappa shape index (κ2) is 11.7. The molecule has 0 saturated heterocycles. The minimum absolute atomic E-state index is 0.0246. The lowest BCUT2D eigenvalue weighted by Gasteiger charge is -2.16. The summed E-state index contributed by atoms with van der Waals surface area (Å²) in [6.07, 6.45) is 6.41. The van der Waals surface area contributed by atoms with Crippen molar-refractivity contribution >= 4 is 11.9 Å². The van der Waals surface area contributed by atoms with Crippen molar-refractivity contribution in [1.82, 2.24) is 4.98 Å². The Hall–Kier alpha value is -2.89. The van der Waals surface area contributed by atoms with Crippen molar-refractivity contribution in [3.05, 3.63) is 35.7 Å². The number of rotatable bonds is 11. The lowest BCUT2D eigenvalue weighted by Crippen LogP contribution is -2.24. The van der Waals surface area contributed by atoms with Crippen LogP contribution in [0.1, 0.15) is 30.7 Å². The van der Waals surface area contributed by atoms with Crippen LogP contribution in [0.25, 0.3) is 0 Å². The molecule has 152 valence electrons. The van der Waals surface area contributed by atoms with Crippen molar-refractivity contribution in [2.24, 2.45) is 0 Å². The van der Waals surface area contributed by atoms with Crippen molar-refractivity contribution in [1.29, 1.82) is 0 Å². The minimum Gasteiger partial charge on any atom is -0.506 e. The number of aromatic hydroxyl groups is 1. The summed E-state index contributed by atoms with van der Waals surface area (Å²) in [5.74, 6) is 0.893. The van der Waals surface area contributed by atoms with Gasteiger partial charge in [0, 0.05) is 17.3 Å². The third-order valence-electron chi connectivity index (χ3n) is 3.70. The normalized spacial score (nSPS) is 12.5. The van der Waals surface area contributed by atoms with Crippen LogP contribution in [0, 0.1) is 19.3 Å². The molecule has 28 heavy (non-hydrogen) atoms. The van der Waals surface area contributed by atoms with Gasteiger partial charge in [-0.25, -0.2) is 9.59 Å². The first-order chi connectivity index (χ1) is 13.3. The molecule has 2 atom stereocenters. The molecule has 1 rings (SSSR count). The van der Waals surface area contributed by atoms with Crippen LogP contribution in [0.4, 0.5) is 0 Å². The van der Waals surface area contributed by atoms with Gasteiger partial charge in [0.05, 0.1) is 12.3 Å². The number of hydrogen-bond acceptors (Lipinski definition) is 8. The third-order valence-corrected chi connectivity index (χ3v) is 3.70. The monoisotopic (exact) mass is 391 g/mol. The molecular weight excluding hydrogens is 366 g/mol. The number of nitrogens with zero attached hydrogens (tertiary/aromatic N) is 1. The van der Waals surface area contributed by atoms with E-state index in [1.165, 1.54) is 19.2 Å². The number of pyridine rings is 1. The van der Waals surface area contributed by atoms with E-state index in [-0.39, 0.29) is 37.7 Å². The van der Waals surface area contributed by atoms with E-state index in [1.54, 1.807) is 13.8 Å². The molecule has 1 aromatic heterocycles. The first-order valence-corrected chi connectivity index (χ1v) is 8.58. The van der Waals surface area contributed by atoms with Gasteiger partial charge in [0.1, 0.15) is 25.6 Å². The molecular formula is C20H25NO7. The van der Waals surface area contributed by atoms with E-state index < -0.39 is 24.1 Å². The standard InChI is InChI=1S/C20H25NO7/c1-6-8-25-14(4)19(23)27-11-16-10-21-13(3)18(22)17(16)12-28-20(24)15(5)26-9-7-2/h2,6,10,14-15,22H,1,8-9,11-12H2,3-5H3. The molecule has 8 heteroatoms. The van der Waals surface area contributed by atoms with Gasteiger partial charge >= 0.3 is 11.9 Å². The number of terminal acetylenes is 1. The fourth-order valence-electron chi connectivity index (χ4n) is 2.02. The number of aryl methyl sites for hydroxylation is 1. The largest absolute Gasteiger partial charge is 0.506 e. The summed E-state index contributed by atoms with van der Waals surface area (Å²) < 4.78 is 20.7. The zero-order chi connectivity index (χ0) is 21.1. The zero-order valence-electron chi connectivity index (χ0n) is 16.3. The fourth-order valence-corrected chi connectivity index (χ4v) is 2.02. The Kier molecular flexibility index (Phi) is 9.71. The molecule has 0 aliphatic heterocycles. The van der Waals surface area contributed by atoms with E-state index in [4.69, 9.17) is 25.4 Å². The Morgan fingerprint density at radius 3 is 2.46 bits per heavy atom. The number of ether oxygens (including phenoxy) is 4. The smallest absolute Gasteiger partial charge is 0.335 e. The molecule has 0 fully saturated rings. The summed E-state index contributed by atoms with van der Waals surface area (Å²) in [5.41, 5.74) is 1.04. The van der Waals surface area contributed by atoms with Gasteiger partial charge < -0.3 is 24.1 Å². The first-order valence-electron chi connectivity index (χ1n) is 8.58. The number of hydrogen-bond donors (Lipinski definition) is 1. The highest BCUT2D eigenvalue weighted by atomic mass is 16.6.